The van der Waals surface area contributed by atoms with Gasteiger partial charge in [-0.05, 0) is 71.6 Å². The molecular weight excluding hydrogens is 474 g/mol. The van der Waals surface area contributed by atoms with E-state index in [4.69, 9.17) is 10.00 Å². The molecule has 0 fully saturated rings. The number of hydrogen-bond acceptors (Lipinski definition) is 4. The highest BCUT2D eigenvalue weighted by atomic mass is 16.5. The summed E-state index contributed by atoms with van der Waals surface area (Å²) in [6.07, 6.45) is 0.931. The van der Waals surface area contributed by atoms with Gasteiger partial charge in [-0.15, -0.1) is 0 Å². The van der Waals surface area contributed by atoms with Crippen LogP contribution in [0.1, 0.15) is 32.6 Å². The van der Waals surface area contributed by atoms with Crippen molar-refractivity contribution in [3.8, 4) is 11.8 Å². The molecule has 0 saturated heterocycles. The maximum absolute atomic E-state index is 13.6. The number of methoxy groups -OCH3 is 1. The minimum Gasteiger partial charge on any atom is -0.497 e. The smallest absolute Gasteiger partial charge is 0.258 e. The molecule has 0 heterocycles. The predicted octanol–water partition coefficient (Wildman–Crippen LogP) is 5.32. The molecule has 0 aliphatic rings. The van der Waals surface area contributed by atoms with Crippen LogP contribution in [0.3, 0.4) is 0 Å². The van der Waals surface area contributed by atoms with Crippen LogP contribution in [-0.4, -0.2) is 25.5 Å². The van der Waals surface area contributed by atoms with Crippen LogP contribution in [0.5, 0.6) is 5.75 Å². The Morgan fingerprint density at radius 3 is 2.24 bits per heavy atom. The molecule has 0 unspecified atom stereocenters. The molecule has 4 rings (SSSR count). The number of nitriles is 1. The van der Waals surface area contributed by atoms with E-state index < -0.39 is 0 Å². The molecule has 0 spiro atoms. The summed E-state index contributed by atoms with van der Waals surface area (Å²) < 4.78 is 5.18. The van der Waals surface area contributed by atoms with Gasteiger partial charge < -0.3 is 15.0 Å². The first-order valence-electron chi connectivity index (χ1n) is 12.4. The Kier molecular flexibility index (Phi) is 8.88. The summed E-state index contributed by atoms with van der Waals surface area (Å²) in [7, 11) is 1.63. The van der Waals surface area contributed by atoms with Gasteiger partial charge in [0, 0.05) is 17.8 Å². The molecule has 2 amide bonds. The van der Waals surface area contributed by atoms with Gasteiger partial charge in [0.2, 0.25) is 5.91 Å². The first kappa shape index (κ1) is 26.2. The summed E-state index contributed by atoms with van der Waals surface area (Å²) in [5.41, 5.74) is 4.60. The van der Waals surface area contributed by atoms with Crippen molar-refractivity contribution in [1.82, 2.24) is 5.32 Å². The largest absolute Gasteiger partial charge is 0.497 e. The summed E-state index contributed by atoms with van der Waals surface area (Å²) in [4.78, 5) is 27.9. The second kappa shape index (κ2) is 12.9. The number of rotatable bonds is 10. The summed E-state index contributed by atoms with van der Waals surface area (Å²) >= 11 is 0. The molecule has 0 bridgehead atoms. The van der Waals surface area contributed by atoms with Gasteiger partial charge in [0.25, 0.3) is 5.91 Å². The van der Waals surface area contributed by atoms with Crippen molar-refractivity contribution < 1.29 is 14.3 Å². The second-order valence-electron chi connectivity index (χ2n) is 8.86. The fourth-order valence-electron chi connectivity index (χ4n) is 4.11. The number of ether oxygens (including phenoxy) is 1. The van der Waals surface area contributed by atoms with Crippen LogP contribution in [0.15, 0.2) is 103 Å². The van der Waals surface area contributed by atoms with Crippen molar-refractivity contribution >= 4 is 17.5 Å². The lowest BCUT2D eigenvalue weighted by Crippen LogP contribution is -2.31. The average molecular weight is 504 g/mol. The van der Waals surface area contributed by atoms with Crippen LogP contribution in [0.2, 0.25) is 0 Å². The lowest BCUT2D eigenvalue weighted by Gasteiger charge is -2.24. The standard InChI is InChI=1S/C32H29N3O3/c1-38-30-16-12-24(13-17-30)18-19-34-31(36)21-27-8-5-9-29(20-27)35(23-26-6-3-2-4-7-26)32(37)28-14-10-25(22-33)11-15-28/h2-17,20H,18-19,21,23H2,1H3,(H,34,36). The molecule has 38 heavy (non-hydrogen) atoms. The van der Waals surface area contributed by atoms with Gasteiger partial charge in [-0.3, -0.25) is 9.59 Å². The van der Waals surface area contributed by atoms with Crippen molar-refractivity contribution in [2.24, 2.45) is 0 Å². The van der Waals surface area contributed by atoms with E-state index in [2.05, 4.69) is 11.4 Å². The quantitative estimate of drug-likeness (QED) is 0.318. The van der Waals surface area contributed by atoms with E-state index in [1.54, 1.807) is 36.3 Å². The molecule has 0 radical (unpaired) electrons. The molecule has 4 aromatic rings. The van der Waals surface area contributed by atoms with E-state index in [9.17, 15) is 9.59 Å². The molecule has 0 aliphatic heterocycles. The fourth-order valence-corrected chi connectivity index (χ4v) is 4.11. The van der Waals surface area contributed by atoms with Crippen LogP contribution in [0.25, 0.3) is 0 Å². The monoisotopic (exact) mass is 503 g/mol. The number of nitrogens with zero attached hydrogens (tertiary/aromatic N) is 2. The van der Waals surface area contributed by atoms with Crippen LogP contribution in [-0.2, 0) is 24.2 Å². The Morgan fingerprint density at radius 2 is 1.55 bits per heavy atom. The third-order valence-electron chi connectivity index (χ3n) is 6.17. The van der Waals surface area contributed by atoms with E-state index in [1.165, 1.54) is 0 Å². The predicted molar refractivity (Wildman–Crippen MR) is 148 cm³/mol. The van der Waals surface area contributed by atoms with E-state index in [0.717, 1.165) is 28.9 Å². The van der Waals surface area contributed by atoms with Gasteiger partial charge >= 0.3 is 0 Å². The molecule has 1 N–H and O–H groups in total. The Balaban J connectivity index is 1.46. The number of anilines is 1. The minimum absolute atomic E-state index is 0.0799. The van der Waals surface area contributed by atoms with Crippen LogP contribution in [0, 0.1) is 11.3 Å². The Bertz CT molecular complexity index is 1410. The summed E-state index contributed by atoms with van der Waals surface area (Å²) in [6, 6.07) is 33.7. The summed E-state index contributed by atoms with van der Waals surface area (Å²) in [6.45, 7) is 0.902. The molecule has 6 nitrogen and oxygen atoms in total. The normalized spacial score (nSPS) is 10.3. The summed E-state index contributed by atoms with van der Waals surface area (Å²) in [5.74, 6) is 0.541. The lowest BCUT2D eigenvalue weighted by atomic mass is 10.1. The van der Waals surface area contributed by atoms with Crippen LogP contribution >= 0.6 is 0 Å². The van der Waals surface area contributed by atoms with Crippen molar-refractivity contribution in [1.29, 1.82) is 5.26 Å². The Morgan fingerprint density at radius 1 is 0.842 bits per heavy atom. The molecule has 0 atom stereocenters. The molecule has 0 aliphatic carbocycles. The van der Waals surface area contributed by atoms with E-state index in [-0.39, 0.29) is 18.2 Å². The van der Waals surface area contributed by atoms with Crippen molar-refractivity contribution in [3.63, 3.8) is 0 Å². The lowest BCUT2D eigenvalue weighted by molar-refractivity contribution is -0.120. The zero-order chi connectivity index (χ0) is 26.7. The zero-order valence-corrected chi connectivity index (χ0v) is 21.3. The molecule has 6 heteroatoms. The molecule has 4 aromatic carbocycles. The number of benzene rings is 4. The molecule has 0 aromatic heterocycles. The van der Waals surface area contributed by atoms with Crippen LogP contribution < -0.4 is 15.0 Å². The number of nitrogens with one attached hydrogen (secondary N) is 1. The zero-order valence-electron chi connectivity index (χ0n) is 21.3. The minimum atomic E-state index is -0.181. The maximum atomic E-state index is 13.6. The van der Waals surface area contributed by atoms with Gasteiger partial charge in [-0.25, -0.2) is 0 Å². The van der Waals surface area contributed by atoms with Crippen molar-refractivity contribution in [2.75, 3.05) is 18.6 Å². The topological polar surface area (TPSA) is 82.4 Å². The highest BCUT2D eigenvalue weighted by Gasteiger charge is 2.19. The fraction of sp³-hybridized carbons (Fsp3) is 0.156. The van der Waals surface area contributed by atoms with Gasteiger partial charge in [0.15, 0.2) is 0 Å². The highest BCUT2D eigenvalue weighted by molar-refractivity contribution is 6.06. The Hall–Kier alpha value is -4.89. The number of carbonyl (C=O) groups is 2. The van der Waals surface area contributed by atoms with E-state index in [1.807, 2.05) is 78.9 Å². The average Bonchev–Trinajstić information content (AvgIpc) is 2.96. The number of hydrogen-bond donors (Lipinski definition) is 1. The third kappa shape index (κ3) is 7.08. The van der Waals surface area contributed by atoms with Gasteiger partial charge in [-0.2, -0.15) is 5.26 Å². The molecular formula is C32H29N3O3. The second-order valence-corrected chi connectivity index (χ2v) is 8.86. The summed E-state index contributed by atoms with van der Waals surface area (Å²) in [5, 5.41) is 12.1. The van der Waals surface area contributed by atoms with Gasteiger partial charge in [0.05, 0.1) is 31.7 Å². The Labute approximate surface area is 223 Å². The van der Waals surface area contributed by atoms with Crippen molar-refractivity contribution in [3.05, 3.63) is 131 Å². The van der Waals surface area contributed by atoms with Crippen molar-refractivity contribution in [2.45, 2.75) is 19.4 Å². The highest BCUT2D eigenvalue weighted by Crippen LogP contribution is 2.22. The SMILES string of the molecule is COc1ccc(CCNC(=O)Cc2cccc(N(Cc3ccccc3)C(=O)c3ccc(C#N)cc3)c2)cc1. The number of amides is 2. The molecule has 190 valence electrons. The first-order valence-corrected chi connectivity index (χ1v) is 12.4. The van der Waals surface area contributed by atoms with Gasteiger partial charge in [-0.1, -0.05) is 54.6 Å². The number of carbonyl (C=O) groups excluding carboxylic acids is 2. The van der Waals surface area contributed by atoms with Gasteiger partial charge in [0.1, 0.15) is 5.75 Å². The van der Waals surface area contributed by atoms with E-state index >= 15 is 0 Å². The van der Waals surface area contributed by atoms with E-state index in [0.29, 0.717) is 29.9 Å². The first-order chi connectivity index (χ1) is 18.6. The molecule has 0 saturated carbocycles. The van der Waals surface area contributed by atoms with Crippen LogP contribution in [0.4, 0.5) is 5.69 Å². The third-order valence-corrected chi connectivity index (χ3v) is 6.17. The maximum Gasteiger partial charge on any atom is 0.258 e.